The Morgan fingerprint density at radius 3 is 2.47 bits per heavy atom. The van der Waals surface area contributed by atoms with Crippen molar-refractivity contribution in [3.05, 3.63) is 82.5 Å². The van der Waals surface area contributed by atoms with Crippen LogP contribution in [0.25, 0.3) is 11.6 Å². The van der Waals surface area contributed by atoms with Gasteiger partial charge in [0, 0.05) is 42.5 Å². The van der Waals surface area contributed by atoms with Crippen molar-refractivity contribution in [2.75, 3.05) is 51.3 Å². The lowest BCUT2D eigenvalue weighted by Gasteiger charge is -2.33. The molecule has 1 aliphatic heterocycles. The van der Waals surface area contributed by atoms with Gasteiger partial charge in [-0.25, -0.2) is 0 Å². The third-order valence-corrected chi connectivity index (χ3v) is 9.48. The topological polar surface area (TPSA) is 78.0 Å². The minimum atomic E-state index is 0.395. The van der Waals surface area contributed by atoms with Gasteiger partial charge >= 0.3 is 0 Å². The summed E-state index contributed by atoms with van der Waals surface area (Å²) >= 11 is 0. The smallest absolute Gasteiger partial charge is 0.162 e. The third-order valence-electron chi connectivity index (χ3n) is 9.48. The molecule has 7 heteroatoms. The molecule has 1 aromatic carbocycles. The van der Waals surface area contributed by atoms with Gasteiger partial charge in [0.25, 0.3) is 0 Å². The summed E-state index contributed by atoms with van der Waals surface area (Å²) in [5.74, 6) is 2.41. The summed E-state index contributed by atoms with van der Waals surface area (Å²) in [6, 6.07) is 6.90. The number of aryl methyl sites for hydroxylation is 1. The monoisotopic (exact) mass is 641 g/mol. The number of rotatable bonds is 17. The fourth-order valence-electron chi connectivity index (χ4n) is 6.20. The van der Waals surface area contributed by atoms with Gasteiger partial charge in [-0.3, -0.25) is 4.99 Å². The molecule has 1 fully saturated rings. The number of hydrogen-bond acceptors (Lipinski definition) is 7. The highest BCUT2D eigenvalue weighted by atomic mass is 16.5. The number of aliphatic imine (C=N–C) groups is 1. The molecule has 0 aliphatic carbocycles. The highest BCUT2D eigenvalue weighted by Crippen LogP contribution is 2.35. The van der Waals surface area contributed by atoms with Crippen molar-refractivity contribution in [1.82, 2.24) is 10.1 Å². The van der Waals surface area contributed by atoms with Crippen LogP contribution in [0.2, 0.25) is 0 Å². The molecule has 0 bridgehead atoms. The Hall–Kier alpha value is -3.71. The van der Waals surface area contributed by atoms with E-state index in [1.807, 2.05) is 6.92 Å². The Morgan fingerprint density at radius 1 is 1.17 bits per heavy atom. The minimum Gasteiger partial charge on any atom is -0.495 e. The highest BCUT2D eigenvalue weighted by molar-refractivity contribution is 6.02. The van der Waals surface area contributed by atoms with Crippen LogP contribution in [-0.4, -0.2) is 67.9 Å². The largest absolute Gasteiger partial charge is 0.495 e. The number of benzene rings is 1. The molecule has 2 aromatic rings. The first-order valence-electron chi connectivity index (χ1n) is 17.3. The van der Waals surface area contributed by atoms with Crippen molar-refractivity contribution in [1.29, 1.82) is 5.41 Å². The molecule has 0 amide bonds. The second-order valence-corrected chi connectivity index (χ2v) is 13.4. The van der Waals surface area contributed by atoms with Crippen LogP contribution in [0.4, 0.5) is 5.69 Å². The normalized spacial score (nSPS) is 15.1. The SMILES string of the molecule is C=C(/C=C(/OC)C(C)=NCCCN(CC)CCC(C)C(=C)c1ccc(N2CCC(c3noc(C=C(C)C)c3C)CC2)cc1C)C(C)=N. The minimum absolute atomic E-state index is 0.395. The zero-order valence-electron chi connectivity index (χ0n) is 30.6. The first-order chi connectivity index (χ1) is 22.4. The molecular formula is C40H59N5O2. The molecule has 0 saturated carbocycles. The number of nitrogens with zero attached hydrogens (tertiary/aromatic N) is 4. The van der Waals surface area contributed by atoms with Gasteiger partial charge in [0.15, 0.2) is 5.76 Å². The maximum atomic E-state index is 7.74. The average Bonchev–Trinajstić information content (AvgIpc) is 3.40. The van der Waals surface area contributed by atoms with Crippen LogP contribution in [0.5, 0.6) is 0 Å². The summed E-state index contributed by atoms with van der Waals surface area (Å²) in [5.41, 5.74) is 10.5. The molecule has 7 nitrogen and oxygen atoms in total. The maximum Gasteiger partial charge on any atom is 0.162 e. The Morgan fingerprint density at radius 2 is 1.87 bits per heavy atom. The van der Waals surface area contributed by atoms with Gasteiger partial charge in [0.2, 0.25) is 0 Å². The molecule has 1 saturated heterocycles. The molecule has 2 heterocycles. The summed E-state index contributed by atoms with van der Waals surface area (Å²) in [5, 5.41) is 12.2. The number of ether oxygens (including phenoxy) is 1. The first kappa shape index (κ1) is 37.7. The predicted molar refractivity (Wildman–Crippen MR) is 201 cm³/mol. The number of aromatic nitrogens is 1. The second-order valence-electron chi connectivity index (χ2n) is 13.4. The molecule has 1 unspecified atom stereocenters. The van der Waals surface area contributed by atoms with E-state index in [4.69, 9.17) is 19.7 Å². The third kappa shape index (κ3) is 10.6. The van der Waals surface area contributed by atoms with E-state index in [0.717, 1.165) is 82.1 Å². The van der Waals surface area contributed by atoms with Gasteiger partial charge in [0.05, 0.1) is 18.5 Å². The van der Waals surface area contributed by atoms with Gasteiger partial charge in [0.1, 0.15) is 5.76 Å². The fourth-order valence-corrected chi connectivity index (χ4v) is 6.20. The molecular weight excluding hydrogens is 582 g/mol. The van der Waals surface area contributed by atoms with Crippen LogP contribution < -0.4 is 4.90 Å². The van der Waals surface area contributed by atoms with E-state index in [-0.39, 0.29) is 0 Å². The van der Waals surface area contributed by atoms with E-state index in [1.54, 1.807) is 20.1 Å². The zero-order chi connectivity index (χ0) is 34.7. The number of anilines is 1. The van der Waals surface area contributed by atoms with E-state index in [0.29, 0.717) is 28.9 Å². The molecule has 256 valence electrons. The van der Waals surface area contributed by atoms with Crippen molar-refractivity contribution >= 4 is 28.8 Å². The lowest BCUT2D eigenvalue weighted by atomic mass is 9.89. The van der Waals surface area contributed by atoms with Gasteiger partial charge in [-0.05, 0) is 139 Å². The molecule has 47 heavy (non-hydrogen) atoms. The quantitative estimate of drug-likeness (QED) is 0.0806. The number of allylic oxidation sites excluding steroid dienone is 5. The number of hydrogen-bond donors (Lipinski definition) is 1. The average molecular weight is 642 g/mol. The van der Waals surface area contributed by atoms with E-state index < -0.39 is 0 Å². The lowest BCUT2D eigenvalue weighted by molar-refractivity contribution is 0.274. The van der Waals surface area contributed by atoms with Crippen molar-refractivity contribution in [3.63, 3.8) is 0 Å². The molecule has 0 radical (unpaired) electrons. The maximum absolute atomic E-state index is 7.74. The lowest BCUT2D eigenvalue weighted by Crippen LogP contribution is -2.33. The van der Waals surface area contributed by atoms with Gasteiger partial charge in [-0.2, -0.15) is 0 Å². The summed E-state index contributed by atoms with van der Waals surface area (Å²) < 4.78 is 11.1. The molecule has 0 spiro atoms. The zero-order valence-corrected chi connectivity index (χ0v) is 30.6. The molecule has 1 atom stereocenters. The van der Waals surface area contributed by atoms with Crippen LogP contribution >= 0.6 is 0 Å². The van der Waals surface area contributed by atoms with Crippen LogP contribution in [0.1, 0.15) is 101 Å². The van der Waals surface area contributed by atoms with Gasteiger partial charge < -0.3 is 24.5 Å². The van der Waals surface area contributed by atoms with Crippen molar-refractivity contribution < 1.29 is 9.26 Å². The summed E-state index contributed by atoms with van der Waals surface area (Å²) in [6.45, 7) is 31.0. The molecule has 1 aliphatic rings. The van der Waals surface area contributed by atoms with E-state index in [2.05, 4.69) is 93.9 Å². The van der Waals surface area contributed by atoms with Crippen LogP contribution in [-0.2, 0) is 4.74 Å². The molecule has 1 N–H and O–H groups in total. The second kappa shape index (κ2) is 18.0. The summed E-state index contributed by atoms with van der Waals surface area (Å²) in [6.07, 6.45) is 8.08. The van der Waals surface area contributed by atoms with E-state index in [1.165, 1.54) is 33.5 Å². The Kier molecular flexibility index (Phi) is 14.5. The van der Waals surface area contributed by atoms with Gasteiger partial charge in [-0.1, -0.05) is 43.8 Å². The fraction of sp³-hybridized carbons (Fsp3) is 0.525. The number of nitrogens with one attached hydrogen (secondary N) is 1. The Balaban J connectivity index is 1.49. The predicted octanol–water partition coefficient (Wildman–Crippen LogP) is 9.44. The van der Waals surface area contributed by atoms with Crippen LogP contribution in [0.3, 0.4) is 0 Å². The van der Waals surface area contributed by atoms with Crippen molar-refractivity contribution in [3.8, 4) is 0 Å². The van der Waals surface area contributed by atoms with E-state index in [9.17, 15) is 0 Å². The standard InChI is InChI=1S/C40H59N5O2/c1-12-44(20-13-19-42-34(10)39(46-11)26-29(5)33(9)41)21-16-28(4)31(7)37-15-14-36(25-30(37)6)45-22-17-35(18-23-45)40-32(8)38(47-43-40)24-27(2)3/h14-15,24-26,28,35,41H,5,7,12-13,16-23H2,1-4,6,8-11H3/b39-26+,41-33?,42-34?. The van der Waals surface area contributed by atoms with Crippen LogP contribution in [0, 0.1) is 25.2 Å². The molecule has 3 rings (SSSR count). The highest BCUT2D eigenvalue weighted by Gasteiger charge is 2.26. The Bertz CT molecular complexity index is 1480. The summed E-state index contributed by atoms with van der Waals surface area (Å²) in [4.78, 5) is 9.73. The number of methoxy groups -OCH3 is 1. The Labute approximate surface area is 284 Å². The summed E-state index contributed by atoms with van der Waals surface area (Å²) in [7, 11) is 1.63. The van der Waals surface area contributed by atoms with Crippen LogP contribution in [0.15, 0.2) is 63.9 Å². The first-order valence-corrected chi connectivity index (χ1v) is 17.3. The van der Waals surface area contributed by atoms with Crippen molar-refractivity contribution in [2.45, 2.75) is 87.0 Å². The number of piperidine rings is 1. The van der Waals surface area contributed by atoms with Crippen molar-refractivity contribution in [2.24, 2.45) is 10.9 Å². The van der Waals surface area contributed by atoms with Gasteiger partial charge in [-0.15, -0.1) is 0 Å². The molecule has 1 aromatic heterocycles. The van der Waals surface area contributed by atoms with E-state index >= 15 is 0 Å².